The SMILES string of the molecule is O=C(Nc1ccc(-n2nn[nH]c2=O)cc1)[C@@H]1C[C@H]1c1c(F)cccc1F. The highest BCUT2D eigenvalue weighted by molar-refractivity contribution is 5.95. The largest absolute Gasteiger partial charge is 0.365 e. The minimum absolute atomic E-state index is 0.0339. The van der Waals surface area contributed by atoms with E-state index in [-0.39, 0.29) is 11.5 Å². The van der Waals surface area contributed by atoms with Gasteiger partial charge in [0.15, 0.2) is 0 Å². The maximum Gasteiger partial charge on any atom is 0.365 e. The summed E-state index contributed by atoms with van der Waals surface area (Å²) in [7, 11) is 0. The van der Waals surface area contributed by atoms with Gasteiger partial charge in [-0.15, -0.1) is 0 Å². The monoisotopic (exact) mass is 357 g/mol. The molecular formula is C17H13F2N5O2. The molecule has 26 heavy (non-hydrogen) atoms. The molecule has 2 atom stereocenters. The van der Waals surface area contributed by atoms with Crippen LogP contribution < -0.4 is 11.0 Å². The molecule has 4 rings (SSSR count). The van der Waals surface area contributed by atoms with Crippen molar-refractivity contribution in [3.05, 3.63) is 70.1 Å². The minimum atomic E-state index is -0.632. The number of amides is 1. The van der Waals surface area contributed by atoms with E-state index >= 15 is 0 Å². The Balaban J connectivity index is 1.45. The predicted molar refractivity (Wildman–Crippen MR) is 87.8 cm³/mol. The van der Waals surface area contributed by atoms with E-state index in [0.717, 1.165) is 4.68 Å². The zero-order valence-corrected chi connectivity index (χ0v) is 13.3. The summed E-state index contributed by atoms with van der Waals surface area (Å²) in [5.41, 5.74) is 0.484. The normalized spacial score (nSPS) is 18.5. The number of carbonyl (C=O) groups excluding carboxylic acids is 1. The molecular weight excluding hydrogens is 344 g/mol. The van der Waals surface area contributed by atoms with Crippen LogP contribution in [-0.2, 0) is 4.79 Å². The van der Waals surface area contributed by atoms with Crippen molar-refractivity contribution in [2.24, 2.45) is 5.92 Å². The van der Waals surface area contributed by atoms with Crippen LogP contribution in [0.3, 0.4) is 0 Å². The minimum Gasteiger partial charge on any atom is -0.326 e. The molecule has 7 nitrogen and oxygen atoms in total. The molecule has 2 N–H and O–H groups in total. The fraction of sp³-hybridized carbons (Fsp3) is 0.176. The molecule has 0 aliphatic heterocycles. The highest BCUT2D eigenvalue weighted by Gasteiger charge is 2.46. The molecule has 9 heteroatoms. The second-order valence-electron chi connectivity index (χ2n) is 6.04. The van der Waals surface area contributed by atoms with Crippen molar-refractivity contribution >= 4 is 11.6 Å². The topological polar surface area (TPSA) is 92.7 Å². The molecule has 0 unspecified atom stereocenters. The van der Waals surface area contributed by atoms with Gasteiger partial charge in [0, 0.05) is 23.1 Å². The lowest BCUT2D eigenvalue weighted by molar-refractivity contribution is -0.117. The van der Waals surface area contributed by atoms with Crippen LogP contribution in [0.25, 0.3) is 5.69 Å². The zero-order valence-electron chi connectivity index (χ0n) is 13.3. The summed E-state index contributed by atoms with van der Waals surface area (Å²) in [5, 5.41) is 11.9. The molecule has 0 bridgehead atoms. The van der Waals surface area contributed by atoms with Gasteiger partial charge in [0.25, 0.3) is 0 Å². The summed E-state index contributed by atoms with van der Waals surface area (Å²) in [6.07, 6.45) is 0.399. The van der Waals surface area contributed by atoms with Crippen LogP contribution in [-0.4, -0.2) is 26.1 Å². The number of aromatic nitrogens is 4. The van der Waals surface area contributed by atoms with Gasteiger partial charge in [-0.25, -0.2) is 18.7 Å². The van der Waals surface area contributed by atoms with Crippen LogP contribution in [0.1, 0.15) is 17.9 Å². The number of anilines is 1. The summed E-state index contributed by atoms with van der Waals surface area (Å²) in [6, 6.07) is 10.1. The van der Waals surface area contributed by atoms with Crippen LogP contribution >= 0.6 is 0 Å². The fourth-order valence-electron chi connectivity index (χ4n) is 2.96. The number of nitrogens with zero attached hydrogens (tertiary/aromatic N) is 3. The number of rotatable bonds is 4. The molecule has 1 aliphatic rings. The van der Waals surface area contributed by atoms with E-state index in [1.807, 2.05) is 0 Å². The van der Waals surface area contributed by atoms with Gasteiger partial charge >= 0.3 is 5.69 Å². The third kappa shape index (κ3) is 2.87. The number of benzene rings is 2. The quantitative estimate of drug-likeness (QED) is 0.747. The van der Waals surface area contributed by atoms with E-state index < -0.39 is 29.2 Å². The van der Waals surface area contributed by atoms with Crippen LogP contribution in [0.2, 0.25) is 0 Å². The Morgan fingerprint density at radius 2 is 1.85 bits per heavy atom. The Bertz CT molecular complexity index is 1010. The average molecular weight is 357 g/mol. The van der Waals surface area contributed by atoms with Crippen LogP contribution in [0.15, 0.2) is 47.3 Å². The van der Waals surface area contributed by atoms with Crippen molar-refractivity contribution < 1.29 is 13.6 Å². The van der Waals surface area contributed by atoms with Crippen molar-refractivity contribution in [3.8, 4) is 5.69 Å². The van der Waals surface area contributed by atoms with Crippen molar-refractivity contribution in [3.63, 3.8) is 0 Å². The lowest BCUT2D eigenvalue weighted by atomic mass is 10.1. The number of tetrazole rings is 1. The van der Waals surface area contributed by atoms with E-state index in [2.05, 4.69) is 20.8 Å². The van der Waals surface area contributed by atoms with Gasteiger partial charge in [0.2, 0.25) is 5.91 Å². The third-order valence-corrected chi connectivity index (χ3v) is 4.35. The summed E-state index contributed by atoms with van der Waals surface area (Å²) in [5.74, 6) is -2.49. The second kappa shape index (κ2) is 6.17. The van der Waals surface area contributed by atoms with E-state index in [1.165, 1.54) is 18.2 Å². The molecule has 1 fully saturated rings. The van der Waals surface area contributed by atoms with Crippen molar-refractivity contribution in [1.82, 2.24) is 20.2 Å². The maximum absolute atomic E-state index is 13.8. The number of hydrogen-bond acceptors (Lipinski definition) is 4. The Kier molecular flexibility index (Phi) is 3.83. The summed E-state index contributed by atoms with van der Waals surface area (Å²) < 4.78 is 28.7. The number of nitrogens with one attached hydrogen (secondary N) is 2. The second-order valence-corrected chi connectivity index (χ2v) is 6.04. The van der Waals surface area contributed by atoms with Crippen molar-refractivity contribution in [1.29, 1.82) is 0 Å². The van der Waals surface area contributed by atoms with Crippen LogP contribution in [0, 0.1) is 17.6 Å². The van der Waals surface area contributed by atoms with Gasteiger partial charge in [0.1, 0.15) is 11.6 Å². The lowest BCUT2D eigenvalue weighted by Crippen LogP contribution is -2.17. The van der Waals surface area contributed by atoms with Crippen LogP contribution in [0.5, 0.6) is 0 Å². The van der Waals surface area contributed by atoms with Crippen LogP contribution in [0.4, 0.5) is 14.5 Å². The van der Waals surface area contributed by atoms with Crippen molar-refractivity contribution in [2.75, 3.05) is 5.32 Å². The number of aromatic amines is 1. The molecule has 132 valence electrons. The summed E-state index contributed by atoms with van der Waals surface area (Å²) in [6.45, 7) is 0. The first-order valence-corrected chi connectivity index (χ1v) is 7.90. The zero-order chi connectivity index (χ0) is 18.3. The summed E-state index contributed by atoms with van der Waals surface area (Å²) in [4.78, 5) is 23.8. The Morgan fingerprint density at radius 3 is 2.46 bits per heavy atom. The smallest absolute Gasteiger partial charge is 0.326 e. The first-order valence-electron chi connectivity index (χ1n) is 7.90. The highest BCUT2D eigenvalue weighted by atomic mass is 19.1. The molecule has 0 spiro atoms. The molecule has 1 aliphatic carbocycles. The molecule has 0 saturated heterocycles. The van der Waals surface area contributed by atoms with Gasteiger partial charge in [0.05, 0.1) is 5.69 Å². The number of H-pyrrole nitrogens is 1. The van der Waals surface area contributed by atoms with Gasteiger partial charge in [-0.3, -0.25) is 4.79 Å². The molecule has 1 amide bonds. The molecule has 0 radical (unpaired) electrons. The first kappa shape index (κ1) is 16.1. The molecule has 1 saturated carbocycles. The third-order valence-electron chi connectivity index (χ3n) is 4.35. The van der Waals surface area contributed by atoms with E-state index in [4.69, 9.17) is 0 Å². The number of hydrogen-bond donors (Lipinski definition) is 2. The number of carbonyl (C=O) groups is 1. The Morgan fingerprint density at radius 1 is 1.15 bits per heavy atom. The van der Waals surface area contributed by atoms with Gasteiger partial charge < -0.3 is 5.32 Å². The molecule has 1 heterocycles. The predicted octanol–water partition coefficient (Wildman–Crippen LogP) is 1.98. The Labute approximate surface area is 145 Å². The van der Waals surface area contributed by atoms with E-state index in [1.54, 1.807) is 24.3 Å². The molecule has 3 aromatic rings. The van der Waals surface area contributed by atoms with E-state index in [9.17, 15) is 18.4 Å². The summed E-state index contributed by atoms with van der Waals surface area (Å²) >= 11 is 0. The first-order chi connectivity index (χ1) is 12.5. The highest BCUT2D eigenvalue weighted by Crippen LogP contribution is 2.49. The standard InChI is InChI=1S/C17H13F2N5O2/c18-13-2-1-3-14(19)15(13)11-8-12(11)16(25)20-9-4-6-10(7-5-9)24-17(26)21-22-23-24/h1-7,11-12H,8H2,(H,20,25)(H,21,23,26)/t11-,12-/m1/s1. The van der Waals surface area contributed by atoms with Gasteiger partial charge in [-0.2, -0.15) is 4.68 Å². The average Bonchev–Trinajstić information content (AvgIpc) is 3.29. The molecule has 2 aromatic carbocycles. The lowest BCUT2D eigenvalue weighted by Gasteiger charge is -2.07. The van der Waals surface area contributed by atoms with E-state index in [0.29, 0.717) is 17.8 Å². The fourth-order valence-corrected chi connectivity index (χ4v) is 2.96. The Hall–Kier alpha value is -3.36. The van der Waals surface area contributed by atoms with Gasteiger partial charge in [-0.05, 0) is 53.2 Å². The molecule has 1 aromatic heterocycles. The maximum atomic E-state index is 13.8. The number of halogens is 2. The van der Waals surface area contributed by atoms with Crippen molar-refractivity contribution in [2.45, 2.75) is 12.3 Å². The van der Waals surface area contributed by atoms with Gasteiger partial charge in [-0.1, -0.05) is 6.07 Å².